The van der Waals surface area contributed by atoms with Crippen molar-refractivity contribution in [2.45, 2.75) is 45.8 Å². The SMILES string of the molecule is CCn1nc(C)c(CNC(=NC)NC2CC2)n1.I. The summed E-state index contributed by atoms with van der Waals surface area (Å²) in [5.41, 5.74) is 1.95. The summed E-state index contributed by atoms with van der Waals surface area (Å²) >= 11 is 0. The fourth-order valence-corrected chi connectivity index (χ4v) is 1.55. The monoisotopic (exact) mass is 364 g/mol. The third-order valence-corrected chi connectivity index (χ3v) is 2.77. The molecular weight excluding hydrogens is 343 g/mol. The summed E-state index contributed by atoms with van der Waals surface area (Å²) in [6.45, 7) is 5.48. The van der Waals surface area contributed by atoms with Crippen LogP contribution in [0.2, 0.25) is 0 Å². The molecule has 0 bridgehead atoms. The second kappa shape index (κ2) is 6.91. The Morgan fingerprint density at radius 1 is 1.44 bits per heavy atom. The van der Waals surface area contributed by atoms with Crippen molar-refractivity contribution >= 4 is 29.9 Å². The van der Waals surface area contributed by atoms with Crippen LogP contribution in [0.3, 0.4) is 0 Å². The second-order valence-electron chi connectivity index (χ2n) is 4.26. The zero-order valence-corrected chi connectivity index (χ0v) is 13.4. The molecule has 6 nitrogen and oxygen atoms in total. The minimum absolute atomic E-state index is 0. The van der Waals surface area contributed by atoms with E-state index in [0.29, 0.717) is 12.6 Å². The van der Waals surface area contributed by atoms with E-state index in [0.717, 1.165) is 23.9 Å². The van der Waals surface area contributed by atoms with Crippen molar-refractivity contribution in [3.63, 3.8) is 0 Å². The number of guanidine groups is 1. The molecule has 1 aliphatic rings. The van der Waals surface area contributed by atoms with E-state index in [9.17, 15) is 0 Å². The maximum atomic E-state index is 4.39. The number of aryl methyl sites for hydroxylation is 2. The summed E-state index contributed by atoms with van der Waals surface area (Å²) in [6, 6.07) is 0.605. The van der Waals surface area contributed by atoms with Crippen LogP contribution in [0.1, 0.15) is 31.2 Å². The van der Waals surface area contributed by atoms with Gasteiger partial charge in [0.25, 0.3) is 0 Å². The van der Waals surface area contributed by atoms with Gasteiger partial charge >= 0.3 is 0 Å². The van der Waals surface area contributed by atoms with Crippen LogP contribution in [-0.4, -0.2) is 34.0 Å². The largest absolute Gasteiger partial charge is 0.354 e. The molecule has 1 aliphatic carbocycles. The fraction of sp³-hybridized carbons (Fsp3) is 0.727. The highest BCUT2D eigenvalue weighted by atomic mass is 127. The molecule has 7 heteroatoms. The molecule has 18 heavy (non-hydrogen) atoms. The first kappa shape index (κ1) is 15.2. The lowest BCUT2D eigenvalue weighted by molar-refractivity contribution is 0.560. The molecule has 102 valence electrons. The van der Waals surface area contributed by atoms with E-state index in [2.05, 4.69) is 25.8 Å². The highest BCUT2D eigenvalue weighted by Gasteiger charge is 2.22. The van der Waals surface area contributed by atoms with Gasteiger partial charge in [-0.2, -0.15) is 15.0 Å². The average molecular weight is 364 g/mol. The van der Waals surface area contributed by atoms with Crippen molar-refractivity contribution in [2.24, 2.45) is 4.99 Å². The molecule has 2 rings (SSSR count). The molecule has 0 saturated heterocycles. The van der Waals surface area contributed by atoms with E-state index in [1.165, 1.54) is 12.8 Å². The lowest BCUT2D eigenvalue weighted by atomic mass is 10.3. The molecule has 0 unspecified atom stereocenters. The number of nitrogens with one attached hydrogen (secondary N) is 2. The van der Waals surface area contributed by atoms with Crippen LogP contribution in [0.25, 0.3) is 0 Å². The van der Waals surface area contributed by atoms with Gasteiger partial charge in [-0.15, -0.1) is 24.0 Å². The number of aromatic nitrogens is 3. The van der Waals surface area contributed by atoms with Crippen LogP contribution < -0.4 is 10.6 Å². The van der Waals surface area contributed by atoms with Gasteiger partial charge in [0.1, 0.15) is 5.69 Å². The minimum Gasteiger partial charge on any atom is -0.354 e. The normalized spacial score (nSPS) is 15.2. The number of halogens is 1. The number of hydrogen-bond donors (Lipinski definition) is 2. The van der Waals surface area contributed by atoms with Crippen molar-refractivity contribution < 1.29 is 0 Å². The summed E-state index contributed by atoms with van der Waals surface area (Å²) in [4.78, 5) is 5.89. The first-order valence-corrected chi connectivity index (χ1v) is 6.10. The standard InChI is InChI=1S/C11H20N6.HI/c1-4-17-15-8(2)10(16-17)7-13-11(12-3)14-9-5-6-9;/h9H,4-7H2,1-3H3,(H2,12,13,14);1H. The van der Waals surface area contributed by atoms with Gasteiger partial charge in [0.2, 0.25) is 0 Å². The quantitative estimate of drug-likeness (QED) is 0.476. The lowest BCUT2D eigenvalue weighted by Gasteiger charge is -2.09. The van der Waals surface area contributed by atoms with Crippen LogP contribution in [-0.2, 0) is 13.1 Å². The maximum Gasteiger partial charge on any atom is 0.191 e. The van der Waals surface area contributed by atoms with Crippen molar-refractivity contribution in [1.82, 2.24) is 25.6 Å². The van der Waals surface area contributed by atoms with Gasteiger partial charge in [-0.05, 0) is 26.7 Å². The summed E-state index contributed by atoms with van der Waals surface area (Å²) in [7, 11) is 1.79. The number of aliphatic imine (C=N–C) groups is 1. The van der Waals surface area contributed by atoms with Gasteiger partial charge in [-0.25, -0.2) is 0 Å². The van der Waals surface area contributed by atoms with Crippen LogP contribution in [0, 0.1) is 6.92 Å². The van der Waals surface area contributed by atoms with Gasteiger partial charge in [0.15, 0.2) is 5.96 Å². The Morgan fingerprint density at radius 2 is 2.17 bits per heavy atom. The minimum atomic E-state index is 0. The molecular formula is C11H21IN6. The van der Waals surface area contributed by atoms with Gasteiger partial charge in [0, 0.05) is 13.1 Å². The predicted octanol–water partition coefficient (Wildman–Crippen LogP) is 1.05. The Kier molecular flexibility index (Phi) is 5.83. The Labute approximate surface area is 125 Å². The van der Waals surface area contributed by atoms with Gasteiger partial charge < -0.3 is 10.6 Å². The molecule has 0 amide bonds. The molecule has 1 aromatic heterocycles. The summed E-state index contributed by atoms with van der Waals surface area (Å²) < 4.78 is 0. The Morgan fingerprint density at radius 3 is 2.67 bits per heavy atom. The first-order valence-electron chi connectivity index (χ1n) is 6.10. The van der Waals surface area contributed by atoms with Crippen LogP contribution in [0.4, 0.5) is 0 Å². The van der Waals surface area contributed by atoms with E-state index in [1.54, 1.807) is 11.8 Å². The van der Waals surface area contributed by atoms with Crippen molar-refractivity contribution in [2.75, 3.05) is 7.05 Å². The van der Waals surface area contributed by atoms with Crippen molar-refractivity contribution in [1.29, 1.82) is 0 Å². The van der Waals surface area contributed by atoms with Gasteiger partial charge in [-0.1, -0.05) is 0 Å². The zero-order valence-electron chi connectivity index (χ0n) is 11.1. The highest BCUT2D eigenvalue weighted by Crippen LogP contribution is 2.18. The van der Waals surface area contributed by atoms with E-state index >= 15 is 0 Å². The lowest BCUT2D eigenvalue weighted by Crippen LogP contribution is -2.38. The molecule has 1 heterocycles. The Bertz CT molecular complexity index is 410. The molecule has 0 atom stereocenters. The predicted molar refractivity (Wildman–Crippen MR) is 82.2 cm³/mol. The molecule has 1 saturated carbocycles. The summed E-state index contributed by atoms with van der Waals surface area (Å²) in [6.07, 6.45) is 2.48. The Balaban J connectivity index is 0.00000162. The van der Waals surface area contributed by atoms with Crippen molar-refractivity contribution in [3.8, 4) is 0 Å². The van der Waals surface area contributed by atoms with Crippen LogP contribution in [0.5, 0.6) is 0 Å². The number of rotatable bonds is 4. The first-order chi connectivity index (χ1) is 8.22. The third-order valence-electron chi connectivity index (χ3n) is 2.77. The van der Waals surface area contributed by atoms with Gasteiger partial charge in [0.05, 0.1) is 18.8 Å². The zero-order chi connectivity index (χ0) is 12.3. The molecule has 0 aliphatic heterocycles. The molecule has 2 N–H and O–H groups in total. The molecule has 0 aromatic carbocycles. The molecule has 1 fully saturated rings. The van der Waals surface area contributed by atoms with Gasteiger partial charge in [-0.3, -0.25) is 4.99 Å². The number of hydrogen-bond acceptors (Lipinski definition) is 3. The fourth-order valence-electron chi connectivity index (χ4n) is 1.55. The molecule has 0 radical (unpaired) electrons. The number of nitrogens with zero attached hydrogens (tertiary/aromatic N) is 4. The molecule has 0 spiro atoms. The topological polar surface area (TPSA) is 67.1 Å². The second-order valence-corrected chi connectivity index (χ2v) is 4.26. The van der Waals surface area contributed by atoms with Crippen molar-refractivity contribution in [3.05, 3.63) is 11.4 Å². The average Bonchev–Trinajstić information content (AvgIpc) is 3.08. The van der Waals surface area contributed by atoms with E-state index in [1.807, 2.05) is 13.8 Å². The van der Waals surface area contributed by atoms with E-state index < -0.39 is 0 Å². The van der Waals surface area contributed by atoms with Crippen LogP contribution in [0.15, 0.2) is 4.99 Å². The van der Waals surface area contributed by atoms with E-state index in [4.69, 9.17) is 0 Å². The molecule has 1 aromatic rings. The summed E-state index contributed by atoms with van der Waals surface area (Å²) in [5.74, 6) is 0.845. The Hall–Kier alpha value is -0.860. The summed E-state index contributed by atoms with van der Waals surface area (Å²) in [5, 5.41) is 15.3. The van der Waals surface area contributed by atoms with Crippen LogP contribution >= 0.6 is 24.0 Å². The smallest absolute Gasteiger partial charge is 0.191 e. The maximum absolute atomic E-state index is 4.39. The van der Waals surface area contributed by atoms with E-state index in [-0.39, 0.29) is 24.0 Å². The third kappa shape index (κ3) is 4.11. The highest BCUT2D eigenvalue weighted by molar-refractivity contribution is 14.0.